The van der Waals surface area contributed by atoms with Crippen molar-refractivity contribution < 1.29 is 9.47 Å². The van der Waals surface area contributed by atoms with E-state index in [1.54, 1.807) is 20.4 Å². The van der Waals surface area contributed by atoms with Gasteiger partial charge in [0.15, 0.2) is 11.5 Å². The molecule has 3 nitrogen and oxygen atoms in total. The molecule has 0 atom stereocenters. The van der Waals surface area contributed by atoms with E-state index < -0.39 is 0 Å². The summed E-state index contributed by atoms with van der Waals surface area (Å²) in [6, 6.07) is 3.85. The molecule has 2 rings (SSSR count). The molecule has 0 aliphatic rings. The average molecular weight is 347 g/mol. The Kier molecular flexibility index (Phi) is 3.35. The zero-order chi connectivity index (χ0) is 11.7. The van der Waals surface area contributed by atoms with Crippen LogP contribution < -0.4 is 9.47 Å². The second-order valence-corrected chi connectivity index (χ2v) is 4.91. The largest absolute Gasteiger partial charge is 0.493 e. The summed E-state index contributed by atoms with van der Waals surface area (Å²) >= 11 is 6.88. The van der Waals surface area contributed by atoms with Gasteiger partial charge in [-0.05, 0) is 44.0 Å². The molecular weight excluding hydrogens is 338 g/mol. The summed E-state index contributed by atoms with van der Waals surface area (Å²) < 4.78 is 12.4. The highest BCUT2D eigenvalue weighted by molar-refractivity contribution is 9.11. The smallest absolute Gasteiger partial charge is 0.187 e. The molecule has 1 aromatic carbocycles. The zero-order valence-corrected chi connectivity index (χ0v) is 11.9. The van der Waals surface area contributed by atoms with Crippen molar-refractivity contribution in [2.75, 3.05) is 14.2 Å². The first-order valence-corrected chi connectivity index (χ1v) is 6.11. The van der Waals surface area contributed by atoms with E-state index in [2.05, 4.69) is 36.8 Å². The molecule has 0 saturated heterocycles. The van der Waals surface area contributed by atoms with E-state index in [1.165, 1.54) is 0 Å². The minimum Gasteiger partial charge on any atom is -0.493 e. The molecule has 0 bridgehead atoms. The van der Waals surface area contributed by atoms with Gasteiger partial charge in [0, 0.05) is 20.5 Å². The van der Waals surface area contributed by atoms with Crippen molar-refractivity contribution in [1.82, 2.24) is 4.98 Å². The molecule has 0 radical (unpaired) electrons. The summed E-state index contributed by atoms with van der Waals surface area (Å²) in [5.74, 6) is 1.31. The minimum atomic E-state index is 0.646. The van der Waals surface area contributed by atoms with Crippen LogP contribution in [0.2, 0.25) is 0 Å². The Morgan fingerprint density at radius 1 is 1.12 bits per heavy atom. The summed E-state index contributed by atoms with van der Waals surface area (Å²) in [4.78, 5) is 4.34. The van der Waals surface area contributed by atoms with Crippen molar-refractivity contribution in [3.05, 3.63) is 27.3 Å². The van der Waals surface area contributed by atoms with E-state index in [9.17, 15) is 0 Å². The molecule has 1 aromatic heterocycles. The predicted molar refractivity (Wildman–Crippen MR) is 70.2 cm³/mol. The van der Waals surface area contributed by atoms with Crippen molar-refractivity contribution in [2.24, 2.45) is 0 Å². The van der Waals surface area contributed by atoms with Crippen LogP contribution in [0.25, 0.3) is 10.9 Å². The number of hydrogen-bond acceptors (Lipinski definition) is 3. The number of hydrogen-bond donors (Lipinski definition) is 0. The standard InChI is InChI=1S/C11H9Br2NO2/c1-15-9-4-8(13)7-3-6(12)5-14-10(7)11(9)16-2/h3-5H,1-2H3. The van der Waals surface area contributed by atoms with E-state index in [1.807, 2.05) is 12.1 Å². The summed E-state index contributed by atoms with van der Waals surface area (Å²) in [5.41, 5.74) is 0.775. The number of fused-ring (bicyclic) bond motifs is 1. The fourth-order valence-electron chi connectivity index (χ4n) is 1.53. The molecule has 0 amide bonds. The highest BCUT2D eigenvalue weighted by Gasteiger charge is 2.13. The van der Waals surface area contributed by atoms with Crippen LogP contribution in [0.4, 0.5) is 0 Å². The molecule has 0 spiro atoms. The molecule has 0 aliphatic heterocycles. The van der Waals surface area contributed by atoms with Crippen molar-refractivity contribution in [3.8, 4) is 11.5 Å². The lowest BCUT2D eigenvalue weighted by Gasteiger charge is -2.11. The van der Waals surface area contributed by atoms with Crippen molar-refractivity contribution in [1.29, 1.82) is 0 Å². The number of methoxy groups -OCH3 is 2. The van der Waals surface area contributed by atoms with Crippen LogP contribution in [0.5, 0.6) is 11.5 Å². The zero-order valence-electron chi connectivity index (χ0n) is 8.75. The molecule has 0 aliphatic carbocycles. The van der Waals surface area contributed by atoms with Crippen LogP contribution in [0.15, 0.2) is 27.3 Å². The second kappa shape index (κ2) is 4.59. The van der Waals surface area contributed by atoms with Gasteiger partial charge in [-0.1, -0.05) is 0 Å². The Morgan fingerprint density at radius 2 is 1.88 bits per heavy atom. The Labute approximate surface area is 110 Å². The van der Waals surface area contributed by atoms with Gasteiger partial charge < -0.3 is 9.47 Å². The molecule has 16 heavy (non-hydrogen) atoms. The molecule has 0 fully saturated rings. The van der Waals surface area contributed by atoms with E-state index in [0.717, 1.165) is 19.8 Å². The lowest BCUT2D eigenvalue weighted by molar-refractivity contribution is 0.358. The van der Waals surface area contributed by atoms with Crippen LogP contribution >= 0.6 is 31.9 Å². The monoisotopic (exact) mass is 345 g/mol. The molecular formula is C11H9Br2NO2. The van der Waals surface area contributed by atoms with Crippen LogP contribution in [0.1, 0.15) is 0 Å². The maximum Gasteiger partial charge on any atom is 0.187 e. The van der Waals surface area contributed by atoms with Gasteiger partial charge in [-0.2, -0.15) is 0 Å². The SMILES string of the molecule is COc1cc(Br)c2cc(Br)cnc2c1OC. The van der Waals surface area contributed by atoms with Crippen LogP contribution in [-0.4, -0.2) is 19.2 Å². The van der Waals surface area contributed by atoms with Gasteiger partial charge in [-0.3, -0.25) is 4.98 Å². The number of halogens is 2. The number of ether oxygens (including phenoxy) is 2. The van der Waals surface area contributed by atoms with E-state index in [4.69, 9.17) is 9.47 Å². The third-order valence-corrected chi connectivity index (χ3v) is 3.32. The molecule has 2 aromatic rings. The molecule has 1 heterocycles. The number of rotatable bonds is 2. The summed E-state index contributed by atoms with van der Waals surface area (Å²) in [7, 11) is 3.21. The van der Waals surface area contributed by atoms with Gasteiger partial charge >= 0.3 is 0 Å². The lowest BCUT2D eigenvalue weighted by atomic mass is 10.2. The van der Waals surface area contributed by atoms with Gasteiger partial charge in [0.1, 0.15) is 5.52 Å². The molecule has 84 valence electrons. The quantitative estimate of drug-likeness (QED) is 0.829. The van der Waals surface area contributed by atoms with Crippen LogP contribution in [0, 0.1) is 0 Å². The molecule has 5 heteroatoms. The van der Waals surface area contributed by atoms with Gasteiger partial charge in [0.2, 0.25) is 0 Å². The second-order valence-electron chi connectivity index (χ2n) is 3.14. The first-order chi connectivity index (χ1) is 7.67. The third-order valence-electron chi connectivity index (χ3n) is 2.23. The summed E-state index contributed by atoms with van der Waals surface area (Å²) in [5, 5.41) is 0.979. The number of pyridine rings is 1. The van der Waals surface area contributed by atoms with Crippen molar-refractivity contribution >= 4 is 42.8 Å². The minimum absolute atomic E-state index is 0.646. The third kappa shape index (κ3) is 1.89. The number of aromatic nitrogens is 1. The topological polar surface area (TPSA) is 31.4 Å². The maximum absolute atomic E-state index is 5.32. The summed E-state index contributed by atoms with van der Waals surface area (Å²) in [6.45, 7) is 0. The first-order valence-electron chi connectivity index (χ1n) is 4.53. The fourth-order valence-corrected chi connectivity index (χ4v) is 2.37. The normalized spacial score (nSPS) is 10.5. The molecule has 0 unspecified atom stereocenters. The van der Waals surface area contributed by atoms with Gasteiger partial charge in [-0.25, -0.2) is 0 Å². The molecule has 0 saturated carbocycles. The maximum atomic E-state index is 5.32. The van der Waals surface area contributed by atoms with E-state index in [-0.39, 0.29) is 0 Å². The van der Waals surface area contributed by atoms with E-state index in [0.29, 0.717) is 11.5 Å². The first kappa shape index (κ1) is 11.7. The number of benzene rings is 1. The van der Waals surface area contributed by atoms with Crippen molar-refractivity contribution in [3.63, 3.8) is 0 Å². The lowest BCUT2D eigenvalue weighted by Crippen LogP contribution is -1.94. The Bertz CT molecular complexity index is 543. The highest BCUT2D eigenvalue weighted by atomic mass is 79.9. The van der Waals surface area contributed by atoms with Gasteiger partial charge in [0.05, 0.1) is 14.2 Å². The summed E-state index contributed by atoms with van der Waals surface area (Å²) in [6.07, 6.45) is 1.73. The predicted octanol–water partition coefficient (Wildman–Crippen LogP) is 3.78. The van der Waals surface area contributed by atoms with Crippen LogP contribution in [-0.2, 0) is 0 Å². The molecule has 0 N–H and O–H groups in total. The Balaban J connectivity index is 2.86. The van der Waals surface area contributed by atoms with Crippen molar-refractivity contribution in [2.45, 2.75) is 0 Å². The average Bonchev–Trinajstić information content (AvgIpc) is 2.29. The van der Waals surface area contributed by atoms with Gasteiger partial charge in [0.25, 0.3) is 0 Å². The van der Waals surface area contributed by atoms with Gasteiger partial charge in [-0.15, -0.1) is 0 Å². The Morgan fingerprint density at radius 3 is 2.50 bits per heavy atom. The fraction of sp³-hybridized carbons (Fsp3) is 0.182. The highest BCUT2D eigenvalue weighted by Crippen LogP contribution is 2.39. The van der Waals surface area contributed by atoms with Crippen LogP contribution in [0.3, 0.4) is 0 Å². The number of nitrogens with zero attached hydrogens (tertiary/aromatic N) is 1. The Hall–Kier alpha value is -0.810. The van der Waals surface area contributed by atoms with E-state index >= 15 is 0 Å².